The lowest BCUT2D eigenvalue weighted by Crippen LogP contribution is -2.13. The molecule has 2 rings (SSSR count). The van der Waals surface area contributed by atoms with E-state index in [0.29, 0.717) is 25.0 Å². The van der Waals surface area contributed by atoms with Crippen molar-refractivity contribution in [1.82, 2.24) is 0 Å². The second-order valence-corrected chi connectivity index (χ2v) is 3.28. The molecular formula is C10H10O2. The Balaban J connectivity index is 2.27. The fourth-order valence-corrected chi connectivity index (χ4v) is 1.69. The Bertz CT molecular complexity index is 308. The van der Waals surface area contributed by atoms with Crippen LogP contribution in [0.1, 0.15) is 25.7 Å². The number of hydrogen-bond donors (Lipinski definition) is 0. The third-order valence-corrected chi connectivity index (χ3v) is 2.36. The van der Waals surface area contributed by atoms with E-state index in [9.17, 15) is 9.59 Å². The van der Waals surface area contributed by atoms with Crippen LogP contribution in [0.3, 0.4) is 0 Å². The van der Waals surface area contributed by atoms with E-state index in [2.05, 4.69) is 0 Å². The maximum atomic E-state index is 11.0. The van der Waals surface area contributed by atoms with Crippen molar-refractivity contribution >= 4 is 11.6 Å². The molecule has 2 nitrogen and oxygen atoms in total. The van der Waals surface area contributed by atoms with Crippen molar-refractivity contribution in [3.63, 3.8) is 0 Å². The van der Waals surface area contributed by atoms with E-state index in [1.165, 1.54) is 0 Å². The molecule has 0 heterocycles. The van der Waals surface area contributed by atoms with Crippen molar-refractivity contribution in [3.05, 3.63) is 23.3 Å². The van der Waals surface area contributed by atoms with Gasteiger partial charge in [0.2, 0.25) is 0 Å². The summed E-state index contributed by atoms with van der Waals surface area (Å²) in [6.07, 6.45) is 5.98. The van der Waals surface area contributed by atoms with Crippen LogP contribution < -0.4 is 0 Å². The molecule has 0 aliphatic heterocycles. The number of Topliss-reactive ketones (excluding diaryl/α,β-unsaturated/α-hetero) is 1. The van der Waals surface area contributed by atoms with Gasteiger partial charge in [0, 0.05) is 19.3 Å². The van der Waals surface area contributed by atoms with E-state index in [1.54, 1.807) is 6.08 Å². The zero-order chi connectivity index (χ0) is 8.55. The molecule has 1 saturated carbocycles. The Kier molecular flexibility index (Phi) is 1.68. The van der Waals surface area contributed by atoms with Crippen LogP contribution in [0.2, 0.25) is 0 Å². The van der Waals surface area contributed by atoms with Gasteiger partial charge >= 0.3 is 0 Å². The van der Waals surface area contributed by atoms with Crippen molar-refractivity contribution < 1.29 is 9.59 Å². The van der Waals surface area contributed by atoms with Crippen molar-refractivity contribution in [3.8, 4) is 0 Å². The van der Waals surface area contributed by atoms with Crippen LogP contribution in [0.4, 0.5) is 0 Å². The number of hydrogen-bond acceptors (Lipinski definition) is 2. The number of allylic oxidation sites excluding steroid dienone is 4. The number of fused-ring (bicyclic) bond motifs is 1. The topological polar surface area (TPSA) is 34.1 Å². The standard InChI is InChI=1S/C10H10O2/c11-9-3-1-7-5-10(12)4-2-8(7)6-9/h1,6H,2-5H2. The van der Waals surface area contributed by atoms with Gasteiger partial charge in [-0.25, -0.2) is 0 Å². The van der Waals surface area contributed by atoms with Gasteiger partial charge in [0.05, 0.1) is 0 Å². The largest absolute Gasteiger partial charge is 0.299 e. The maximum absolute atomic E-state index is 11.0. The van der Waals surface area contributed by atoms with Gasteiger partial charge in [0.25, 0.3) is 0 Å². The molecule has 0 atom stereocenters. The summed E-state index contributed by atoms with van der Waals surface area (Å²) in [6, 6.07) is 0. The molecule has 62 valence electrons. The highest BCUT2D eigenvalue weighted by Gasteiger charge is 2.20. The van der Waals surface area contributed by atoms with E-state index >= 15 is 0 Å². The summed E-state index contributed by atoms with van der Waals surface area (Å²) < 4.78 is 0. The first-order valence-electron chi connectivity index (χ1n) is 4.20. The minimum Gasteiger partial charge on any atom is -0.299 e. The lowest BCUT2D eigenvalue weighted by atomic mass is 9.84. The van der Waals surface area contributed by atoms with Gasteiger partial charge < -0.3 is 0 Å². The molecule has 0 bridgehead atoms. The molecule has 0 unspecified atom stereocenters. The van der Waals surface area contributed by atoms with Crippen molar-refractivity contribution in [2.24, 2.45) is 0 Å². The molecule has 0 radical (unpaired) electrons. The fourth-order valence-electron chi connectivity index (χ4n) is 1.69. The molecule has 0 aromatic heterocycles. The monoisotopic (exact) mass is 162 g/mol. The van der Waals surface area contributed by atoms with Crippen molar-refractivity contribution in [1.29, 1.82) is 0 Å². The molecule has 0 aromatic rings. The molecule has 0 aromatic carbocycles. The van der Waals surface area contributed by atoms with Crippen LogP contribution >= 0.6 is 0 Å². The molecular weight excluding hydrogens is 152 g/mol. The average molecular weight is 162 g/mol. The molecule has 0 spiro atoms. The van der Waals surface area contributed by atoms with Crippen LogP contribution in [-0.2, 0) is 9.59 Å². The van der Waals surface area contributed by atoms with Gasteiger partial charge in [-0.15, -0.1) is 0 Å². The first-order valence-corrected chi connectivity index (χ1v) is 4.20. The zero-order valence-corrected chi connectivity index (χ0v) is 6.80. The quantitative estimate of drug-likeness (QED) is 0.541. The molecule has 2 aliphatic rings. The first-order chi connectivity index (χ1) is 5.75. The Morgan fingerprint density at radius 3 is 2.75 bits per heavy atom. The van der Waals surface area contributed by atoms with Gasteiger partial charge in [0.1, 0.15) is 5.78 Å². The van der Waals surface area contributed by atoms with Crippen LogP contribution in [0.5, 0.6) is 0 Å². The lowest BCUT2D eigenvalue weighted by molar-refractivity contribution is -0.119. The molecule has 0 amide bonds. The summed E-state index contributed by atoms with van der Waals surface area (Å²) in [7, 11) is 0. The molecule has 2 aliphatic carbocycles. The maximum Gasteiger partial charge on any atom is 0.159 e. The predicted octanol–water partition coefficient (Wildman–Crippen LogP) is 1.56. The van der Waals surface area contributed by atoms with Gasteiger partial charge in [-0.1, -0.05) is 6.08 Å². The summed E-state index contributed by atoms with van der Waals surface area (Å²) >= 11 is 0. The fraction of sp³-hybridized carbons (Fsp3) is 0.400. The van der Waals surface area contributed by atoms with Crippen LogP contribution in [-0.4, -0.2) is 11.6 Å². The van der Waals surface area contributed by atoms with Gasteiger partial charge in [-0.3, -0.25) is 9.59 Å². The van der Waals surface area contributed by atoms with Gasteiger partial charge in [0.15, 0.2) is 5.78 Å². The third kappa shape index (κ3) is 1.24. The third-order valence-electron chi connectivity index (χ3n) is 2.36. The lowest BCUT2D eigenvalue weighted by Gasteiger charge is -2.19. The van der Waals surface area contributed by atoms with Crippen LogP contribution in [0.15, 0.2) is 23.3 Å². The highest BCUT2D eigenvalue weighted by atomic mass is 16.1. The zero-order valence-electron chi connectivity index (χ0n) is 6.80. The van der Waals surface area contributed by atoms with Gasteiger partial charge in [-0.05, 0) is 23.6 Å². The summed E-state index contributed by atoms with van der Waals surface area (Å²) in [4.78, 5) is 22.0. The molecule has 2 heteroatoms. The Hall–Kier alpha value is -1.18. The molecule has 1 fully saturated rings. The number of rotatable bonds is 0. The molecule has 0 saturated heterocycles. The highest BCUT2D eigenvalue weighted by molar-refractivity contribution is 5.96. The SMILES string of the molecule is O=C1C=C2CCC(=O)CC2=CC1. The van der Waals surface area contributed by atoms with Crippen molar-refractivity contribution in [2.75, 3.05) is 0 Å². The van der Waals surface area contributed by atoms with E-state index < -0.39 is 0 Å². The molecule has 12 heavy (non-hydrogen) atoms. The van der Waals surface area contributed by atoms with E-state index in [-0.39, 0.29) is 5.78 Å². The summed E-state index contributed by atoms with van der Waals surface area (Å²) in [5.74, 6) is 0.468. The summed E-state index contributed by atoms with van der Waals surface area (Å²) in [5, 5.41) is 0. The highest BCUT2D eigenvalue weighted by Crippen LogP contribution is 2.29. The number of ketones is 2. The van der Waals surface area contributed by atoms with Crippen LogP contribution in [0.25, 0.3) is 0 Å². The minimum atomic E-state index is 0.170. The Labute approximate surface area is 71.0 Å². The van der Waals surface area contributed by atoms with Crippen LogP contribution in [0, 0.1) is 0 Å². The summed E-state index contributed by atoms with van der Waals surface area (Å²) in [6.45, 7) is 0. The second kappa shape index (κ2) is 2.70. The smallest absolute Gasteiger partial charge is 0.159 e. The Morgan fingerprint density at radius 2 is 1.92 bits per heavy atom. The van der Waals surface area contributed by atoms with E-state index in [1.807, 2.05) is 6.08 Å². The van der Waals surface area contributed by atoms with Crippen molar-refractivity contribution in [2.45, 2.75) is 25.7 Å². The number of carbonyl (C=O) groups excluding carboxylic acids is 2. The van der Waals surface area contributed by atoms with E-state index in [4.69, 9.17) is 0 Å². The summed E-state index contributed by atoms with van der Waals surface area (Å²) in [5.41, 5.74) is 2.18. The van der Waals surface area contributed by atoms with E-state index in [0.717, 1.165) is 17.6 Å². The second-order valence-electron chi connectivity index (χ2n) is 3.28. The number of carbonyl (C=O) groups is 2. The minimum absolute atomic E-state index is 0.170. The first kappa shape index (κ1) is 7.47. The predicted molar refractivity (Wildman–Crippen MR) is 44.6 cm³/mol. The molecule has 0 N–H and O–H groups in total. The Morgan fingerprint density at radius 1 is 1.08 bits per heavy atom. The van der Waals surface area contributed by atoms with Gasteiger partial charge in [-0.2, -0.15) is 0 Å². The average Bonchev–Trinajstić information content (AvgIpc) is 2.05. The normalized spacial score (nSPS) is 23.0.